The minimum absolute atomic E-state index is 0.0382. The van der Waals surface area contributed by atoms with E-state index in [-0.39, 0.29) is 5.96 Å². The number of halogens is 1. The van der Waals surface area contributed by atoms with E-state index in [1.807, 2.05) is 0 Å². The highest BCUT2D eigenvalue weighted by Gasteiger charge is 2.08. The molecule has 0 saturated carbocycles. The third-order valence-corrected chi connectivity index (χ3v) is 2.26. The summed E-state index contributed by atoms with van der Waals surface area (Å²) in [6.45, 7) is 0. The number of hydrogen-bond donors (Lipinski definition) is 2. The molecule has 13 heavy (non-hydrogen) atoms. The van der Waals surface area contributed by atoms with Crippen LogP contribution in [-0.2, 0) is 0 Å². The molecular formula is C8H13ClN4. The number of hydrogen-bond acceptors (Lipinski definition) is 2. The molecule has 0 saturated heterocycles. The fraction of sp³-hybridized carbons (Fsp3) is 0.500. The standard InChI is InChI=1S/C8H13ClN4/c9-7-4-2-1-3-6(7)5-12-13-8(10)11/h5H,1-4H2,(H4,10,11,13)/b12-5+. The average molecular weight is 201 g/mol. The van der Waals surface area contributed by atoms with Gasteiger partial charge in [-0.2, -0.15) is 5.10 Å². The number of nitrogens with zero attached hydrogens (tertiary/aromatic N) is 2. The maximum atomic E-state index is 5.98. The van der Waals surface area contributed by atoms with Gasteiger partial charge in [0.25, 0.3) is 0 Å². The molecule has 0 heterocycles. The van der Waals surface area contributed by atoms with Crippen LogP contribution in [0.4, 0.5) is 0 Å². The predicted molar refractivity (Wildman–Crippen MR) is 55.6 cm³/mol. The van der Waals surface area contributed by atoms with Gasteiger partial charge >= 0.3 is 0 Å². The highest BCUT2D eigenvalue weighted by Crippen LogP contribution is 2.25. The lowest BCUT2D eigenvalue weighted by Crippen LogP contribution is -2.21. The smallest absolute Gasteiger partial charge is 0.211 e. The van der Waals surface area contributed by atoms with Gasteiger partial charge in [0.05, 0.1) is 6.21 Å². The summed E-state index contributed by atoms with van der Waals surface area (Å²) in [5.74, 6) is -0.0382. The Morgan fingerprint density at radius 2 is 2.00 bits per heavy atom. The van der Waals surface area contributed by atoms with E-state index in [4.69, 9.17) is 23.1 Å². The van der Waals surface area contributed by atoms with E-state index in [9.17, 15) is 0 Å². The second-order valence-corrected chi connectivity index (χ2v) is 3.36. The van der Waals surface area contributed by atoms with Crippen LogP contribution >= 0.6 is 11.6 Å². The summed E-state index contributed by atoms with van der Waals surface area (Å²) in [7, 11) is 0. The fourth-order valence-electron chi connectivity index (χ4n) is 1.19. The van der Waals surface area contributed by atoms with Crippen LogP contribution in [0.5, 0.6) is 0 Å². The third kappa shape index (κ3) is 3.46. The van der Waals surface area contributed by atoms with Gasteiger partial charge in [-0.1, -0.05) is 11.6 Å². The summed E-state index contributed by atoms with van der Waals surface area (Å²) in [6.07, 6.45) is 5.83. The average Bonchev–Trinajstić information content (AvgIpc) is 2.08. The van der Waals surface area contributed by atoms with Crippen LogP contribution in [-0.4, -0.2) is 12.2 Å². The lowest BCUT2D eigenvalue weighted by Gasteiger charge is -2.11. The second kappa shape index (κ2) is 4.87. The van der Waals surface area contributed by atoms with Gasteiger partial charge in [-0.25, -0.2) is 0 Å². The maximum absolute atomic E-state index is 5.98. The van der Waals surface area contributed by atoms with Crippen molar-refractivity contribution in [2.75, 3.05) is 0 Å². The molecule has 0 amide bonds. The highest BCUT2D eigenvalue weighted by atomic mass is 35.5. The summed E-state index contributed by atoms with van der Waals surface area (Å²) in [4.78, 5) is 0. The van der Waals surface area contributed by atoms with Crippen LogP contribution in [0.3, 0.4) is 0 Å². The molecule has 0 aromatic carbocycles. The summed E-state index contributed by atoms with van der Waals surface area (Å²) in [5, 5.41) is 8.09. The molecule has 0 atom stereocenters. The van der Waals surface area contributed by atoms with Gasteiger partial charge in [-0.3, -0.25) is 0 Å². The zero-order chi connectivity index (χ0) is 9.68. The SMILES string of the molecule is NC(N)=N/N=C/C1=C(Cl)CCCC1. The largest absolute Gasteiger partial charge is 0.369 e. The van der Waals surface area contributed by atoms with Crippen molar-refractivity contribution >= 4 is 23.8 Å². The Bertz CT molecular complexity index is 263. The van der Waals surface area contributed by atoms with Gasteiger partial charge in [0.15, 0.2) is 0 Å². The lowest BCUT2D eigenvalue weighted by molar-refractivity contribution is 0.710. The van der Waals surface area contributed by atoms with E-state index < -0.39 is 0 Å². The number of nitrogens with two attached hydrogens (primary N) is 2. The Kier molecular flexibility index (Phi) is 3.76. The van der Waals surface area contributed by atoms with E-state index in [2.05, 4.69) is 10.2 Å². The molecule has 4 nitrogen and oxygen atoms in total. The van der Waals surface area contributed by atoms with Crippen molar-refractivity contribution in [3.05, 3.63) is 10.6 Å². The second-order valence-electron chi connectivity index (χ2n) is 2.91. The summed E-state index contributed by atoms with van der Waals surface area (Å²) in [5.41, 5.74) is 11.3. The number of allylic oxidation sites excluding steroid dienone is 2. The fourth-order valence-corrected chi connectivity index (χ4v) is 1.47. The van der Waals surface area contributed by atoms with E-state index in [1.165, 1.54) is 0 Å². The van der Waals surface area contributed by atoms with Crippen LogP contribution in [0.15, 0.2) is 20.8 Å². The van der Waals surface area contributed by atoms with Crippen molar-refractivity contribution in [3.8, 4) is 0 Å². The molecule has 0 fully saturated rings. The molecule has 0 radical (unpaired) electrons. The first kappa shape index (κ1) is 10.1. The van der Waals surface area contributed by atoms with Crippen molar-refractivity contribution in [1.82, 2.24) is 0 Å². The molecule has 5 heteroatoms. The van der Waals surface area contributed by atoms with Crippen molar-refractivity contribution in [2.24, 2.45) is 21.7 Å². The molecule has 0 unspecified atom stereocenters. The quantitative estimate of drug-likeness (QED) is 0.401. The Hall–Kier alpha value is -1.03. The first-order valence-electron chi connectivity index (χ1n) is 4.19. The van der Waals surface area contributed by atoms with Gasteiger partial charge in [0, 0.05) is 5.03 Å². The maximum Gasteiger partial charge on any atom is 0.211 e. The van der Waals surface area contributed by atoms with Crippen LogP contribution < -0.4 is 11.5 Å². The molecule has 1 aliphatic carbocycles. The summed E-state index contributed by atoms with van der Waals surface area (Å²) in [6, 6.07) is 0. The van der Waals surface area contributed by atoms with Gasteiger partial charge < -0.3 is 11.5 Å². The van der Waals surface area contributed by atoms with Crippen molar-refractivity contribution in [2.45, 2.75) is 25.7 Å². The molecule has 0 spiro atoms. The first-order chi connectivity index (χ1) is 6.20. The van der Waals surface area contributed by atoms with Gasteiger partial charge in [-0.15, -0.1) is 5.10 Å². The topological polar surface area (TPSA) is 76.8 Å². The Morgan fingerprint density at radius 1 is 1.31 bits per heavy atom. The Morgan fingerprint density at radius 3 is 2.62 bits per heavy atom. The van der Waals surface area contributed by atoms with Crippen LogP contribution in [0.1, 0.15) is 25.7 Å². The molecule has 4 N–H and O–H groups in total. The predicted octanol–water partition coefficient (Wildman–Crippen LogP) is 1.31. The van der Waals surface area contributed by atoms with Crippen molar-refractivity contribution < 1.29 is 0 Å². The van der Waals surface area contributed by atoms with E-state index in [0.29, 0.717) is 0 Å². The normalized spacial score (nSPS) is 17.9. The molecule has 72 valence electrons. The van der Waals surface area contributed by atoms with E-state index in [1.54, 1.807) is 6.21 Å². The molecule has 0 aliphatic heterocycles. The third-order valence-electron chi connectivity index (χ3n) is 1.83. The van der Waals surface area contributed by atoms with Gasteiger partial charge in [0.2, 0.25) is 5.96 Å². The molecule has 0 aromatic heterocycles. The van der Waals surface area contributed by atoms with Crippen molar-refractivity contribution in [1.29, 1.82) is 0 Å². The number of rotatable bonds is 2. The van der Waals surface area contributed by atoms with Gasteiger partial charge in [0.1, 0.15) is 0 Å². The Labute approximate surface area is 82.3 Å². The molecule has 0 aromatic rings. The van der Waals surface area contributed by atoms with Gasteiger partial charge in [-0.05, 0) is 31.3 Å². The first-order valence-corrected chi connectivity index (χ1v) is 4.57. The van der Waals surface area contributed by atoms with Crippen LogP contribution in [0.25, 0.3) is 0 Å². The van der Waals surface area contributed by atoms with Crippen molar-refractivity contribution in [3.63, 3.8) is 0 Å². The highest BCUT2D eigenvalue weighted by molar-refractivity contribution is 6.31. The van der Waals surface area contributed by atoms with E-state index >= 15 is 0 Å². The molecule has 0 bridgehead atoms. The zero-order valence-corrected chi connectivity index (χ0v) is 8.09. The monoisotopic (exact) mass is 200 g/mol. The minimum atomic E-state index is -0.0382. The van der Waals surface area contributed by atoms with E-state index in [0.717, 1.165) is 36.3 Å². The minimum Gasteiger partial charge on any atom is -0.369 e. The lowest BCUT2D eigenvalue weighted by atomic mass is 10.0. The molecule has 1 aliphatic rings. The molecule has 1 rings (SSSR count). The Balaban J connectivity index is 2.61. The zero-order valence-electron chi connectivity index (χ0n) is 7.33. The summed E-state index contributed by atoms with van der Waals surface area (Å²) >= 11 is 5.98. The number of guanidine groups is 1. The summed E-state index contributed by atoms with van der Waals surface area (Å²) < 4.78 is 0. The van der Waals surface area contributed by atoms with Crippen LogP contribution in [0, 0.1) is 0 Å². The molecular weight excluding hydrogens is 188 g/mol. The van der Waals surface area contributed by atoms with Crippen LogP contribution in [0.2, 0.25) is 0 Å².